The average Bonchev–Trinajstić information content (AvgIpc) is 2.98. The van der Waals surface area contributed by atoms with Crippen LogP contribution in [-0.2, 0) is 25.5 Å². The zero-order chi connectivity index (χ0) is 20.1. The molecule has 0 unspecified atom stereocenters. The number of rotatable bonds is 7. The number of ether oxygens (including phenoxy) is 2. The zero-order valence-corrected chi connectivity index (χ0v) is 16.4. The van der Waals surface area contributed by atoms with Gasteiger partial charge in [0.1, 0.15) is 15.5 Å². The van der Waals surface area contributed by atoms with Crippen molar-refractivity contribution in [1.29, 1.82) is 0 Å². The number of fused-ring (bicyclic) bond motifs is 1. The van der Waals surface area contributed by atoms with Gasteiger partial charge in [0, 0.05) is 18.7 Å². The summed E-state index contributed by atoms with van der Waals surface area (Å²) in [6.07, 6.45) is -0.343. The van der Waals surface area contributed by atoms with E-state index in [0.717, 1.165) is 11.3 Å². The molecule has 2 aromatic rings. The van der Waals surface area contributed by atoms with Crippen molar-refractivity contribution in [3.8, 4) is 0 Å². The molecule has 0 bridgehead atoms. The van der Waals surface area contributed by atoms with Crippen molar-refractivity contribution in [2.45, 2.75) is 27.2 Å². The maximum absolute atomic E-state index is 12.3. The van der Waals surface area contributed by atoms with Crippen LogP contribution in [0, 0.1) is 6.92 Å². The van der Waals surface area contributed by atoms with Crippen molar-refractivity contribution >= 4 is 39.4 Å². The van der Waals surface area contributed by atoms with E-state index in [0.29, 0.717) is 23.7 Å². The van der Waals surface area contributed by atoms with Crippen LogP contribution < -0.4 is 5.56 Å². The lowest BCUT2D eigenvalue weighted by Gasteiger charge is -2.18. The van der Waals surface area contributed by atoms with Crippen LogP contribution >= 0.6 is 11.3 Å². The third kappa shape index (κ3) is 4.51. The molecule has 1 N–H and O–H groups in total. The summed E-state index contributed by atoms with van der Waals surface area (Å²) in [6.45, 7) is 5.88. The molecule has 0 atom stereocenters. The molecule has 0 fully saturated rings. The highest BCUT2D eigenvalue weighted by Gasteiger charge is 2.25. The average molecular weight is 395 g/mol. The molecule has 9 nitrogen and oxygen atoms in total. The molecular weight excluding hydrogens is 374 g/mol. The molecule has 1 amide bonds. The second-order valence-electron chi connectivity index (χ2n) is 5.64. The fraction of sp³-hybridized carbons (Fsp3) is 0.471. The van der Waals surface area contributed by atoms with E-state index in [1.54, 1.807) is 6.92 Å². The van der Waals surface area contributed by atoms with Crippen LogP contribution in [0.4, 0.5) is 0 Å². The first kappa shape index (κ1) is 20.6. The van der Waals surface area contributed by atoms with Crippen LogP contribution in [0.2, 0.25) is 0 Å². The van der Waals surface area contributed by atoms with E-state index in [1.807, 2.05) is 13.8 Å². The van der Waals surface area contributed by atoms with Crippen LogP contribution in [0.15, 0.2) is 4.79 Å². The van der Waals surface area contributed by atoms with Gasteiger partial charge in [-0.3, -0.25) is 14.4 Å². The third-order valence-corrected chi connectivity index (χ3v) is 5.05. The topological polar surface area (TPSA) is 119 Å². The van der Waals surface area contributed by atoms with E-state index >= 15 is 0 Å². The summed E-state index contributed by atoms with van der Waals surface area (Å²) < 4.78 is 9.77. The monoisotopic (exact) mass is 395 g/mol. The van der Waals surface area contributed by atoms with Crippen molar-refractivity contribution < 1.29 is 23.9 Å². The lowest BCUT2D eigenvalue weighted by molar-refractivity contribution is -0.151. The highest BCUT2D eigenvalue weighted by Crippen LogP contribution is 2.29. The predicted molar refractivity (Wildman–Crippen MR) is 98.9 cm³/mol. The quantitative estimate of drug-likeness (QED) is 0.696. The van der Waals surface area contributed by atoms with E-state index in [-0.39, 0.29) is 28.2 Å². The van der Waals surface area contributed by atoms with Gasteiger partial charge in [-0.05, 0) is 20.8 Å². The number of aromatic nitrogens is 2. The van der Waals surface area contributed by atoms with Gasteiger partial charge >= 0.3 is 11.9 Å². The highest BCUT2D eigenvalue weighted by molar-refractivity contribution is 7.20. The van der Waals surface area contributed by atoms with Crippen molar-refractivity contribution in [3.63, 3.8) is 0 Å². The number of nitrogens with zero attached hydrogens (tertiary/aromatic N) is 2. The molecule has 0 saturated carbocycles. The van der Waals surface area contributed by atoms with E-state index < -0.39 is 24.1 Å². The Balaban J connectivity index is 2.29. The molecule has 2 rings (SSSR count). The van der Waals surface area contributed by atoms with Crippen LogP contribution in [0.5, 0.6) is 0 Å². The smallest absolute Gasteiger partial charge is 0.348 e. The molecule has 2 aromatic heterocycles. The standard InChI is InChI=1S/C17H21N3O6S/c1-5-20(6-2)11(21)8-26-12(22)7-10-13-15(23)18-9(3)19-16(13)27-14(10)17(24)25-4/h5-8H2,1-4H3,(H,18,19,23). The molecule has 0 saturated heterocycles. The van der Waals surface area contributed by atoms with Crippen LogP contribution in [0.3, 0.4) is 0 Å². The Labute approximate surface area is 159 Å². The predicted octanol–water partition coefficient (Wildman–Crippen LogP) is 1.03. The Kier molecular flexibility index (Phi) is 6.67. The number of amides is 1. The van der Waals surface area contributed by atoms with Gasteiger partial charge in [0.2, 0.25) is 0 Å². The number of aryl methyl sites for hydroxylation is 1. The molecule has 0 spiro atoms. The van der Waals surface area contributed by atoms with Crippen molar-refractivity contribution in [2.75, 3.05) is 26.8 Å². The number of esters is 2. The molecule has 146 valence electrons. The first-order chi connectivity index (χ1) is 12.8. The Bertz CT molecular complexity index is 929. The van der Waals surface area contributed by atoms with Gasteiger partial charge in [0.05, 0.1) is 18.9 Å². The Hall–Kier alpha value is -2.75. The number of thiophene rings is 1. The van der Waals surface area contributed by atoms with Gasteiger partial charge in [0.25, 0.3) is 11.5 Å². The molecular formula is C17H21N3O6S. The van der Waals surface area contributed by atoms with Crippen LogP contribution in [0.1, 0.15) is 34.9 Å². The summed E-state index contributed by atoms with van der Waals surface area (Å²) in [5.74, 6) is -1.31. The Morgan fingerprint density at radius 3 is 2.48 bits per heavy atom. The number of carbonyl (C=O) groups excluding carboxylic acids is 3. The molecule has 0 aliphatic carbocycles. The largest absolute Gasteiger partial charge is 0.465 e. The van der Waals surface area contributed by atoms with Crippen LogP contribution in [0.25, 0.3) is 10.2 Å². The maximum atomic E-state index is 12.3. The van der Waals surface area contributed by atoms with E-state index in [1.165, 1.54) is 12.0 Å². The fourth-order valence-corrected chi connectivity index (χ4v) is 3.76. The summed E-state index contributed by atoms with van der Waals surface area (Å²) in [5, 5.41) is 0.151. The lowest BCUT2D eigenvalue weighted by Crippen LogP contribution is -2.34. The van der Waals surface area contributed by atoms with E-state index in [2.05, 4.69) is 9.97 Å². The minimum absolute atomic E-state index is 0.114. The van der Waals surface area contributed by atoms with Crippen LogP contribution in [-0.4, -0.2) is 59.5 Å². The number of nitrogens with one attached hydrogen (secondary N) is 1. The van der Waals surface area contributed by atoms with Gasteiger partial charge in [-0.15, -0.1) is 11.3 Å². The number of H-pyrrole nitrogens is 1. The van der Waals surface area contributed by atoms with Gasteiger partial charge in [0.15, 0.2) is 6.61 Å². The molecule has 2 heterocycles. The zero-order valence-electron chi connectivity index (χ0n) is 15.6. The molecule has 0 aliphatic heterocycles. The van der Waals surface area contributed by atoms with Gasteiger partial charge in [-0.1, -0.05) is 0 Å². The molecule has 10 heteroatoms. The first-order valence-corrected chi connectivity index (χ1v) is 9.17. The number of hydrogen-bond acceptors (Lipinski definition) is 8. The third-order valence-electron chi connectivity index (χ3n) is 3.94. The Morgan fingerprint density at radius 2 is 1.89 bits per heavy atom. The second-order valence-corrected chi connectivity index (χ2v) is 6.64. The lowest BCUT2D eigenvalue weighted by atomic mass is 10.1. The summed E-state index contributed by atoms with van der Waals surface area (Å²) in [6, 6.07) is 0. The molecule has 0 aromatic carbocycles. The number of aromatic amines is 1. The maximum Gasteiger partial charge on any atom is 0.348 e. The number of carbonyl (C=O) groups is 3. The van der Waals surface area contributed by atoms with Gasteiger partial charge in [-0.2, -0.15) is 0 Å². The number of likely N-dealkylation sites (N-methyl/N-ethyl adjacent to an activating group) is 1. The summed E-state index contributed by atoms with van der Waals surface area (Å²) in [4.78, 5) is 57.3. The van der Waals surface area contributed by atoms with E-state index in [4.69, 9.17) is 9.47 Å². The van der Waals surface area contributed by atoms with E-state index in [9.17, 15) is 19.2 Å². The molecule has 0 radical (unpaired) electrons. The summed E-state index contributed by atoms with van der Waals surface area (Å²) >= 11 is 0.975. The first-order valence-electron chi connectivity index (χ1n) is 8.36. The van der Waals surface area contributed by atoms with Gasteiger partial charge < -0.3 is 19.4 Å². The Morgan fingerprint density at radius 1 is 1.22 bits per heavy atom. The normalized spacial score (nSPS) is 10.7. The van der Waals surface area contributed by atoms with Crippen molar-refractivity contribution in [1.82, 2.24) is 14.9 Å². The fourth-order valence-electron chi connectivity index (χ4n) is 2.60. The number of hydrogen-bond donors (Lipinski definition) is 1. The minimum Gasteiger partial charge on any atom is -0.465 e. The molecule has 0 aliphatic rings. The number of methoxy groups -OCH3 is 1. The summed E-state index contributed by atoms with van der Waals surface area (Å²) in [5.41, 5.74) is -0.262. The van der Waals surface area contributed by atoms with Crippen molar-refractivity contribution in [2.24, 2.45) is 0 Å². The second kappa shape index (κ2) is 8.76. The van der Waals surface area contributed by atoms with Crippen molar-refractivity contribution in [3.05, 3.63) is 26.6 Å². The SMILES string of the molecule is CCN(CC)C(=O)COC(=O)Cc1c(C(=O)OC)sc2nc(C)[nH]c(=O)c12. The molecule has 27 heavy (non-hydrogen) atoms. The highest BCUT2D eigenvalue weighted by atomic mass is 32.1. The minimum atomic E-state index is -0.722. The van der Waals surface area contributed by atoms with Gasteiger partial charge in [-0.25, -0.2) is 9.78 Å². The summed E-state index contributed by atoms with van der Waals surface area (Å²) in [7, 11) is 1.21.